The number of nitrogens with two attached hydrogens (primary N) is 1. The minimum absolute atomic E-state index is 0.237. The number of anilines is 1. The zero-order valence-corrected chi connectivity index (χ0v) is 8.02. The lowest BCUT2D eigenvalue weighted by molar-refractivity contribution is 0.627. The van der Waals surface area contributed by atoms with Crippen LogP contribution in [0.5, 0.6) is 0 Å². The van der Waals surface area contributed by atoms with E-state index in [0.717, 1.165) is 11.1 Å². The van der Waals surface area contributed by atoms with Gasteiger partial charge in [-0.05, 0) is 23.8 Å². The van der Waals surface area contributed by atoms with Crippen molar-refractivity contribution in [3.8, 4) is 0 Å². The monoisotopic (exact) mass is 203 g/mol. The molecule has 1 heterocycles. The highest BCUT2D eigenvalue weighted by Gasteiger charge is 2.01. The third-order valence-corrected chi connectivity index (χ3v) is 2.14. The summed E-state index contributed by atoms with van der Waals surface area (Å²) in [6.07, 6.45) is 2.23. The van der Waals surface area contributed by atoms with Gasteiger partial charge in [-0.15, -0.1) is 5.10 Å². The molecule has 2 N–H and O–H groups in total. The number of nitrogen functional groups attached to an aromatic ring is 1. The molecule has 0 fully saturated rings. The Kier molecular flexibility index (Phi) is 2.58. The lowest BCUT2D eigenvalue weighted by Gasteiger charge is -2.03. The quantitative estimate of drug-likeness (QED) is 0.809. The van der Waals surface area contributed by atoms with Crippen molar-refractivity contribution in [3.63, 3.8) is 0 Å². The van der Waals surface area contributed by atoms with Crippen LogP contribution in [-0.4, -0.2) is 10.2 Å². The minimum atomic E-state index is -0.237. The topological polar surface area (TPSA) is 51.8 Å². The summed E-state index contributed by atoms with van der Waals surface area (Å²) in [7, 11) is 0. The summed E-state index contributed by atoms with van der Waals surface area (Å²) in [4.78, 5) is 0. The van der Waals surface area contributed by atoms with Gasteiger partial charge in [0, 0.05) is 12.0 Å². The molecule has 4 heteroatoms. The van der Waals surface area contributed by atoms with Crippen molar-refractivity contribution in [3.05, 3.63) is 53.5 Å². The van der Waals surface area contributed by atoms with E-state index < -0.39 is 0 Å². The van der Waals surface area contributed by atoms with Crippen LogP contribution in [0.2, 0.25) is 0 Å². The van der Waals surface area contributed by atoms with Crippen molar-refractivity contribution in [2.45, 2.75) is 6.42 Å². The first kappa shape index (κ1) is 9.58. The Hall–Kier alpha value is -1.97. The molecule has 2 rings (SSSR count). The normalized spacial score (nSPS) is 10.2. The zero-order chi connectivity index (χ0) is 10.7. The van der Waals surface area contributed by atoms with Gasteiger partial charge in [-0.3, -0.25) is 0 Å². The lowest BCUT2D eigenvalue weighted by Crippen LogP contribution is -1.99. The molecule has 0 atom stereocenters. The number of halogens is 1. The van der Waals surface area contributed by atoms with Crippen molar-refractivity contribution in [1.82, 2.24) is 10.2 Å². The minimum Gasteiger partial charge on any atom is -0.382 e. The Morgan fingerprint density at radius 3 is 2.53 bits per heavy atom. The van der Waals surface area contributed by atoms with Gasteiger partial charge in [0.25, 0.3) is 0 Å². The van der Waals surface area contributed by atoms with Gasteiger partial charge in [-0.1, -0.05) is 12.1 Å². The molecule has 0 saturated heterocycles. The fourth-order valence-corrected chi connectivity index (χ4v) is 1.34. The predicted octanol–water partition coefficient (Wildman–Crippen LogP) is 1.79. The Balaban J connectivity index is 2.22. The third kappa shape index (κ3) is 2.28. The molecule has 1 aromatic carbocycles. The van der Waals surface area contributed by atoms with E-state index in [9.17, 15) is 4.39 Å². The van der Waals surface area contributed by atoms with Crippen molar-refractivity contribution in [2.75, 3.05) is 5.73 Å². The fraction of sp³-hybridized carbons (Fsp3) is 0.0909. The Morgan fingerprint density at radius 2 is 1.87 bits per heavy atom. The summed E-state index contributed by atoms with van der Waals surface area (Å²) < 4.78 is 12.7. The van der Waals surface area contributed by atoms with Crippen LogP contribution < -0.4 is 5.73 Å². The van der Waals surface area contributed by atoms with Crippen LogP contribution in [0.3, 0.4) is 0 Å². The molecule has 0 unspecified atom stereocenters. The molecule has 2 aromatic rings. The van der Waals surface area contributed by atoms with E-state index in [1.807, 2.05) is 6.07 Å². The van der Waals surface area contributed by atoms with E-state index in [0.29, 0.717) is 12.2 Å². The van der Waals surface area contributed by atoms with Crippen molar-refractivity contribution >= 4 is 5.82 Å². The molecule has 0 aliphatic carbocycles. The summed E-state index contributed by atoms with van der Waals surface area (Å²) in [6.45, 7) is 0. The van der Waals surface area contributed by atoms with Gasteiger partial charge < -0.3 is 5.73 Å². The molecule has 15 heavy (non-hydrogen) atoms. The maximum absolute atomic E-state index is 12.7. The average molecular weight is 203 g/mol. The van der Waals surface area contributed by atoms with Crippen LogP contribution >= 0.6 is 0 Å². The van der Waals surface area contributed by atoms with E-state index in [1.165, 1.54) is 12.1 Å². The number of hydrogen-bond donors (Lipinski definition) is 1. The predicted molar refractivity (Wildman–Crippen MR) is 55.7 cm³/mol. The molecule has 0 aliphatic rings. The average Bonchev–Trinajstić information content (AvgIpc) is 2.25. The Bertz CT molecular complexity index is 454. The van der Waals surface area contributed by atoms with Gasteiger partial charge in [0.2, 0.25) is 0 Å². The van der Waals surface area contributed by atoms with Crippen LogP contribution in [0.25, 0.3) is 0 Å². The molecule has 1 aromatic heterocycles. The maximum atomic E-state index is 12.7. The lowest BCUT2D eigenvalue weighted by atomic mass is 10.1. The van der Waals surface area contributed by atoms with Crippen LogP contribution in [0.4, 0.5) is 10.2 Å². The maximum Gasteiger partial charge on any atom is 0.149 e. The number of aromatic nitrogens is 2. The van der Waals surface area contributed by atoms with E-state index >= 15 is 0 Å². The first-order valence-electron chi connectivity index (χ1n) is 4.56. The molecular formula is C11H10FN3. The van der Waals surface area contributed by atoms with Gasteiger partial charge in [-0.25, -0.2) is 4.39 Å². The van der Waals surface area contributed by atoms with Crippen LogP contribution in [0, 0.1) is 5.82 Å². The molecule has 0 aliphatic heterocycles. The third-order valence-electron chi connectivity index (χ3n) is 2.14. The summed E-state index contributed by atoms with van der Waals surface area (Å²) >= 11 is 0. The van der Waals surface area contributed by atoms with Crippen LogP contribution in [0.1, 0.15) is 11.1 Å². The van der Waals surface area contributed by atoms with Crippen molar-refractivity contribution in [2.24, 2.45) is 0 Å². The summed E-state index contributed by atoms with van der Waals surface area (Å²) in [5.41, 5.74) is 7.55. The summed E-state index contributed by atoms with van der Waals surface area (Å²) in [5.74, 6) is 0.182. The fourth-order valence-electron chi connectivity index (χ4n) is 1.34. The second-order valence-corrected chi connectivity index (χ2v) is 3.24. The molecule has 76 valence electrons. The summed E-state index contributed by atoms with van der Waals surface area (Å²) in [6, 6.07) is 8.14. The van der Waals surface area contributed by atoms with Crippen LogP contribution in [0.15, 0.2) is 36.5 Å². The van der Waals surface area contributed by atoms with Crippen molar-refractivity contribution < 1.29 is 4.39 Å². The van der Waals surface area contributed by atoms with E-state index in [4.69, 9.17) is 5.73 Å². The number of hydrogen-bond acceptors (Lipinski definition) is 3. The highest BCUT2D eigenvalue weighted by molar-refractivity contribution is 5.40. The number of benzene rings is 1. The Labute approximate surface area is 86.8 Å². The summed E-state index contributed by atoms with van der Waals surface area (Å²) in [5, 5.41) is 7.41. The van der Waals surface area contributed by atoms with Gasteiger partial charge in [-0.2, -0.15) is 5.10 Å². The highest BCUT2D eigenvalue weighted by Crippen LogP contribution is 2.13. The van der Waals surface area contributed by atoms with Gasteiger partial charge >= 0.3 is 0 Å². The van der Waals surface area contributed by atoms with Crippen LogP contribution in [-0.2, 0) is 6.42 Å². The Morgan fingerprint density at radius 1 is 1.13 bits per heavy atom. The van der Waals surface area contributed by atoms with Gasteiger partial charge in [0.05, 0.1) is 6.20 Å². The standard InChI is InChI=1S/C11H10FN3/c12-10-3-1-8(2-4-10)7-9-5-6-14-15-11(9)13/h1-6H,7H2,(H2,13,15). The molecule has 0 bridgehead atoms. The molecule has 3 nitrogen and oxygen atoms in total. The molecule has 0 radical (unpaired) electrons. The zero-order valence-electron chi connectivity index (χ0n) is 8.02. The molecular weight excluding hydrogens is 193 g/mol. The molecule has 0 amide bonds. The SMILES string of the molecule is Nc1nnccc1Cc1ccc(F)cc1. The first-order valence-corrected chi connectivity index (χ1v) is 4.56. The smallest absolute Gasteiger partial charge is 0.149 e. The largest absolute Gasteiger partial charge is 0.382 e. The van der Waals surface area contributed by atoms with E-state index in [1.54, 1.807) is 18.3 Å². The van der Waals surface area contributed by atoms with Crippen molar-refractivity contribution in [1.29, 1.82) is 0 Å². The van der Waals surface area contributed by atoms with Gasteiger partial charge in [0.15, 0.2) is 0 Å². The number of rotatable bonds is 2. The van der Waals surface area contributed by atoms with E-state index in [-0.39, 0.29) is 5.82 Å². The highest BCUT2D eigenvalue weighted by atomic mass is 19.1. The second-order valence-electron chi connectivity index (χ2n) is 3.24. The second kappa shape index (κ2) is 4.04. The first-order chi connectivity index (χ1) is 7.25. The number of nitrogens with zero attached hydrogens (tertiary/aromatic N) is 2. The molecule has 0 saturated carbocycles. The van der Waals surface area contributed by atoms with E-state index in [2.05, 4.69) is 10.2 Å². The molecule has 0 spiro atoms. The van der Waals surface area contributed by atoms with Gasteiger partial charge in [0.1, 0.15) is 11.6 Å².